The molecule has 106 valence electrons. The van der Waals surface area contributed by atoms with Crippen molar-refractivity contribution in [3.05, 3.63) is 29.8 Å². The van der Waals surface area contributed by atoms with E-state index in [-0.39, 0.29) is 0 Å². The largest absolute Gasteiger partial charge is 0.497 e. The highest BCUT2D eigenvalue weighted by Crippen LogP contribution is 2.17. The van der Waals surface area contributed by atoms with Crippen LogP contribution in [0.2, 0.25) is 0 Å². The number of nitrogens with zero attached hydrogens (tertiary/aromatic N) is 1. The Kier molecular flexibility index (Phi) is 5.67. The number of piperidine rings is 1. The maximum atomic E-state index is 9.12. The molecule has 0 bridgehead atoms. The maximum absolute atomic E-state index is 9.12. The van der Waals surface area contributed by atoms with Gasteiger partial charge in [0.2, 0.25) is 0 Å². The second kappa shape index (κ2) is 7.51. The summed E-state index contributed by atoms with van der Waals surface area (Å²) < 4.78 is 5.16. The predicted octanol–water partition coefficient (Wildman–Crippen LogP) is 2.33. The third-order valence-corrected chi connectivity index (χ3v) is 4.06. The molecule has 0 saturated carbocycles. The van der Waals surface area contributed by atoms with Gasteiger partial charge in [-0.15, -0.1) is 0 Å². The Hall–Kier alpha value is -1.06. The van der Waals surface area contributed by atoms with E-state index in [1.165, 1.54) is 18.5 Å². The van der Waals surface area contributed by atoms with Crippen molar-refractivity contribution in [1.82, 2.24) is 4.90 Å². The lowest BCUT2D eigenvalue weighted by Crippen LogP contribution is -2.35. The van der Waals surface area contributed by atoms with Gasteiger partial charge in [-0.3, -0.25) is 0 Å². The van der Waals surface area contributed by atoms with Gasteiger partial charge < -0.3 is 14.7 Å². The molecule has 1 N–H and O–H groups in total. The van der Waals surface area contributed by atoms with E-state index in [2.05, 4.69) is 17.0 Å². The molecule has 1 saturated heterocycles. The predicted molar refractivity (Wildman–Crippen MR) is 77.6 cm³/mol. The highest BCUT2D eigenvalue weighted by Gasteiger charge is 2.17. The number of likely N-dealkylation sites (tertiary alicyclic amines) is 1. The van der Waals surface area contributed by atoms with Crippen molar-refractivity contribution in [3.63, 3.8) is 0 Å². The summed E-state index contributed by atoms with van der Waals surface area (Å²) in [6.45, 7) is 3.82. The van der Waals surface area contributed by atoms with Gasteiger partial charge in [0.25, 0.3) is 0 Å². The van der Waals surface area contributed by atoms with E-state index in [4.69, 9.17) is 9.84 Å². The number of ether oxygens (including phenoxy) is 1. The molecule has 0 aromatic heterocycles. The summed E-state index contributed by atoms with van der Waals surface area (Å²) in [5, 5.41) is 9.12. The molecule has 1 aromatic carbocycles. The Morgan fingerprint density at radius 2 is 1.89 bits per heavy atom. The van der Waals surface area contributed by atoms with Crippen LogP contribution in [0.25, 0.3) is 0 Å². The maximum Gasteiger partial charge on any atom is 0.118 e. The second-order valence-corrected chi connectivity index (χ2v) is 5.42. The van der Waals surface area contributed by atoms with Crippen LogP contribution in [0.15, 0.2) is 24.3 Å². The monoisotopic (exact) mass is 263 g/mol. The third kappa shape index (κ3) is 4.51. The van der Waals surface area contributed by atoms with Gasteiger partial charge in [0, 0.05) is 6.61 Å². The average Bonchev–Trinajstić information content (AvgIpc) is 2.49. The van der Waals surface area contributed by atoms with Crippen LogP contribution in [0, 0.1) is 5.92 Å². The molecule has 0 atom stereocenters. The lowest BCUT2D eigenvalue weighted by atomic mass is 9.97. The lowest BCUT2D eigenvalue weighted by molar-refractivity contribution is 0.131. The van der Waals surface area contributed by atoms with Crippen LogP contribution in [-0.2, 0) is 6.42 Å². The summed E-state index contributed by atoms with van der Waals surface area (Å²) in [6, 6.07) is 8.36. The van der Waals surface area contributed by atoms with Crippen LogP contribution < -0.4 is 4.74 Å². The highest BCUT2D eigenvalue weighted by atomic mass is 16.5. The van der Waals surface area contributed by atoms with Gasteiger partial charge in [0.1, 0.15) is 5.75 Å². The summed E-state index contributed by atoms with van der Waals surface area (Å²) in [5.74, 6) is 1.47. The smallest absolute Gasteiger partial charge is 0.118 e. The molecule has 1 fully saturated rings. The van der Waals surface area contributed by atoms with Crippen molar-refractivity contribution >= 4 is 0 Å². The number of hydrogen-bond donors (Lipinski definition) is 1. The summed E-state index contributed by atoms with van der Waals surface area (Å²) in [4.78, 5) is 2.52. The number of aliphatic hydroxyl groups excluding tert-OH is 1. The van der Waals surface area contributed by atoms with Crippen LogP contribution in [0.1, 0.15) is 24.8 Å². The third-order valence-electron chi connectivity index (χ3n) is 4.06. The zero-order chi connectivity index (χ0) is 13.5. The normalized spacial score (nSPS) is 17.6. The van der Waals surface area contributed by atoms with Crippen LogP contribution in [0.5, 0.6) is 5.75 Å². The zero-order valence-corrected chi connectivity index (χ0v) is 11.8. The molecule has 1 aliphatic heterocycles. The van der Waals surface area contributed by atoms with Gasteiger partial charge in [-0.05, 0) is 68.9 Å². The fourth-order valence-electron chi connectivity index (χ4n) is 2.69. The van der Waals surface area contributed by atoms with Crippen molar-refractivity contribution in [2.24, 2.45) is 5.92 Å². The molecule has 2 rings (SSSR count). The number of rotatable bonds is 6. The van der Waals surface area contributed by atoms with Crippen molar-refractivity contribution < 1.29 is 9.84 Å². The van der Waals surface area contributed by atoms with Crippen molar-refractivity contribution in [1.29, 1.82) is 0 Å². The first kappa shape index (κ1) is 14.4. The summed E-state index contributed by atoms with van der Waals surface area (Å²) in [5.41, 5.74) is 1.38. The number of methoxy groups -OCH3 is 1. The molecule has 3 heteroatoms. The van der Waals surface area contributed by atoms with E-state index >= 15 is 0 Å². The van der Waals surface area contributed by atoms with E-state index in [1.807, 2.05) is 12.1 Å². The topological polar surface area (TPSA) is 32.7 Å². The summed E-state index contributed by atoms with van der Waals surface area (Å²) in [6.07, 6.45) is 4.64. The minimum atomic E-state index is 0.361. The number of hydrogen-bond acceptors (Lipinski definition) is 3. The molecule has 19 heavy (non-hydrogen) atoms. The molecule has 1 heterocycles. The quantitative estimate of drug-likeness (QED) is 0.855. The Labute approximate surface area is 116 Å². The van der Waals surface area contributed by atoms with Crippen LogP contribution in [0.4, 0.5) is 0 Å². The summed E-state index contributed by atoms with van der Waals surface area (Å²) in [7, 11) is 1.70. The van der Waals surface area contributed by atoms with Crippen LogP contribution in [-0.4, -0.2) is 43.4 Å². The Balaban J connectivity index is 1.66. The number of benzene rings is 1. The lowest BCUT2D eigenvalue weighted by Gasteiger charge is -2.30. The number of aryl methyl sites for hydroxylation is 1. The van der Waals surface area contributed by atoms with Crippen molar-refractivity contribution in [2.45, 2.75) is 25.7 Å². The van der Waals surface area contributed by atoms with Crippen LogP contribution in [0.3, 0.4) is 0 Å². The summed E-state index contributed by atoms with van der Waals surface area (Å²) >= 11 is 0. The van der Waals surface area contributed by atoms with Gasteiger partial charge in [-0.25, -0.2) is 0 Å². The van der Waals surface area contributed by atoms with Crippen LogP contribution >= 0.6 is 0 Å². The minimum absolute atomic E-state index is 0.361. The molecular formula is C16H25NO2. The fraction of sp³-hybridized carbons (Fsp3) is 0.625. The first-order valence-corrected chi connectivity index (χ1v) is 7.28. The molecule has 1 aliphatic rings. The number of aliphatic hydroxyl groups is 1. The molecule has 0 unspecified atom stereocenters. The molecular weight excluding hydrogens is 238 g/mol. The van der Waals surface area contributed by atoms with E-state index < -0.39 is 0 Å². The van der Waals surface area contributed by atoms with E-state index in [9.17, 15) is 0 Å². The SMILES string of the molecule is COc1ccc(CCCN2CCC(CO)CC2)cc1. The van der Waals surface area contributed by atoms with E-state index in [0.29, 0.717) is 12.5 Å². The Morgan fingerprint density at radius 1 is 1.21 bits per heavy atom. The Morgan fingerprint density at radius 3 is 2.47 bits per heavy atom. The van der Waals surface area contributed by atoms with Crippen molar-refractivity contribution in [3.8, 4) is 5.75 Å². The van der Waals surface area contributed by atoms with E-state index in [0.717, 1.165) is 38.1 Å². The molecule has 3 nitrogen and oxygen atoms in total. The van der Waals surface area contributed by atoms with Gasteiger partial charge in [0.15, 0.2) is 0 Å². The zero-order valence-electron chi connectivity index (χ0n) is 11.8. The minimum Gasteiger partial charge on any atom is -0.497 e. The first-order chi connectivity index (χ1) is 9.31. The fourth-order valence-corrected chi connectivity index (χ4v) is 2.69. The van der Waals surface area contributed by atoms with Gasteiger partial charge in [-0.2, -0.15) is 0 Å². The van der Waals surface area contributed by atoms with Crippen molar-refractivity contribution in [2.75, 3.05) is 33.4 Å². The average molecular weight is 263 g/mol. The Bertz CT molecular complexity index is 356. The standard InChI is InChI=1S/C16H25NO2/c1-19-16-6-4-14(5-7-16)3-2-10-17-11-8-15(13-18)9-12-17/h4-7,15,18H,2-3,8-13H2,1H3. The first-order valence-electron chi connectivity index (χ1n) is 7.28. The molecule has 0 spiro atoms. The highest BCUT2D eigenvalue weighted by molar-refractivity contribution is 5.27. The molecule has 0 amide bonds. The molecule has 0 aliphatic carbocycles. The van der Waals surface area contributed by atoms with E-state index in [1.54, 1.807) is 7.11 Å². The second-order valence-electron chi connectivity index (χ2n) is 5.42. The molecule has 0 radical (unpaired) electrons. The van der Waals surface area contributed by atoms with Gasteiger partial charge in [-0.1, -0.05) is 12.1 Å². The van der Waals surface area contributed by atoms with Gasteiger partial charge >= 0.3 is 0 Å². The molecule has 1 aromatic rings. The van der Waals surface area contributed by atoms with Gasteiger partial charge in [0.05, 0.1) is 7.11 Å².